The molecule has 7 heteroatoms. The van der Waals surface area contributed by atoms with Gasteiger partial charge in [-0.15, -0.1) is 0 Å². The molecule has 2 aliphatic heterocycles. The monoisotopic (exact) mass is 431 g/mol. The van der Waals surface area contributed by atoms with Crippen LogP contribution in [0.15, 0.2) is 18.2 Å². The topological polar surface area (TPSA) is 73.3 Å². The van der Waals surface area contributed by atoms with Crippen LogP contribution in [0.4, 0.5) is 4.79 Å². The van der Waals surface area contributed by atoms with Crippen molar-refractivity contribution in [3.8, 4) is 0 Å². The van der Waals surface area contributed by atoms with Gasteiger partial charge in [-0.25, -0.2) is 4.79 Å². The second-order valence-electron chi connectivity index (χ2n) is 10.4. The highest BCUT2D eigenvalue weighted by atomic mass is 16.6. The molecule has 31 heavy (non-hydrogen) atoms. The van der Waals surface area contributed by atoms with Gasteiger partial charge in [-0.3, -0.25) is 9.69 Å². The van der Waals surface area contributed by atoms with Gasteiger partial charge in [0.25, 0.3) is 0 Å². The minimum Gasteiger partial charge on any atom is -0.444 e. The van der Waals surface area contributed by atoms with Crippen LogP contribution in [0.5, 0.6) is 0 Å². The summed E-state index contributed by atoms with van der Waals surface area (Å²) in [5, 5.41) is 9.87. The average Bonchev–Trinajstić information content (AvgIpc) is 2.65. The van der Waals surface area contributed by atoms with Crippen LogP contribution >= 0.6 is 0 Å². The van der Waals surface area contributed by atoms with Gasteiger partial charge in [-0.05, 0) is 57.7 Å². The molecule has 2 aliphatic rings. The number of ether oxygens (including phenoxy) is 1. The summed E-state index contributed by atoms with van der Waals surface area (Å²) in [5.74, 6) is 0.0236. The SMILES string of the molecule is CC(C)(O)CC(=O)N1CCN(Cc2ccc3c(c2)CCN(C(=O)OC(C)(C)C)C3)CC1. The molecule has 0 unspecified atom stereocenters. The van der Waals surface area contributed by atoms with Gasteiger partial charge in [0.1, 0.15) is 5.60 Å². The summed E-state index contributed by atoms with van der Waals surface area (Å²) in [7, 11) is 0. The lowest BCUT2D eigenvalue weighted by Crippen LogP contribution is -2.49. The molecule has 1 fully saturated rings. The van der Waals surface area contributed by atoms with Gasteiger partial charge in [-0.2, -0.15) is 0 Å². The van der Waals surface area contributed by atoms with E-state index in [4.69, 9.17) is 4.74 Å². The molecule has 172 valence electrons. The number of piperazine rings is 1. The van der Waals surface area contributed by atoms with Gasteiger partial charge in [-0.1, -0.05) is 18.2 Å². The first kappa shape index (κ1) is 23.5. The lowest BCUT2D eigenvalue weighted by atomic mass is 9.97. The Morgan fingerprint density at radius 1 is 0.968 bits per heavy atom. The summed E-state index contributed by atoms with van der Waals surface area (Å²) in [4.78, 5) is 30.7. The second kappa shape index (κ2) is 9.17. The van der Waals surface area contributed by atoms with E-state index in [2.05, 4.69) is 23.1 Å². The van der Waals surface area contributed by atoms with E-state index in [0.717, 1.165) is 26.1 Å². The molecule has 0 radical (unpaired) electrons. The van der Waals surface area contributed by atoms with Gasteiger partial charge in [0, 0.05) is 45.8 Å². The van der Waals surface area contributed by atoms with Crippen LogP contribution in [0.25, 0.3) is 0 Å². The summed E-state index contributed by atoms with van der Waals surface area (Å²) in [6.07, 6.45) is 0.749. The fourth-order valence-electron chi connectivity index (χ4n) is 4.08. The predicted molar refractivity (Wildman–Crippen MR) is 120 cm³/mol. The number of hydrogen-bond donors (Lipinski definition) is 1. The van der Waals surface area contributed by atoms with Crippen LogP contribution < -0.4 is 0 Å². The van der Waals surface area contributed by atoms with Crippen LogP contribution in [0.1, 0.15) is 57.7 Å². The number of nitrogens with zero attached hydrogens (tertiary/aromatic N) is 3. The highest BCUT2D eigenvalue weighted by Gasteiger charge is 2.27. The van der Waals surface area contributed by atoms with Crippen molar-refractivity contribution < 1.29 is 19.4 Å². The fraction of sp³-hybridized carbons (Fsp3) is 0.667. The van der Waals surface area contributed by atoms with Crippen LogP contribution in [0.3, 0.4) is 0 Å². The molecular weight excluding hydrogens is 394 g/mol. The van der Waals surface area contributed by atoms with Gasteiger partial charge >= 0.3 is 6.09 Å². The summed E-state index contributed by atoms with van der Waals surface area (Å²) in [6, 6.07) is 6.53. The molecule has 1 aromatic rings. The Hall–Kier alpha value is -2.12. The zero-order valence-corrected chi connectivity index (χ0v) is 19.6. The van der Waals surface area contributed by atoms with Crippen molar-refractivity contribution in [1.82, 2.24) is 14.7 Å². The highest BCUT2D eigenvalue weighted by molar-refractivity contribution is 5.77. The first-order chi connectivity index (χ1) is 14.4. The van der Waals surface area contributed by atoms with Gasteiger partial charge in [0.15, 0.2) is 0 Å². The summed E-state index contributed by atoms with van der Waals surface area (Å²) in [6.45, 7) is 14.2. The third-order valence-electron chi connectivity index (χ3n) is 5.65. The number of carbonyl (C=O) groups is 2. The molecule has 3 rings (SSSR count). The lowest BCUT2D eigenvalue weighted by molar-refractivity contribution is -0.137. The van der Waals surface area contributed by atoms with Crippen molar-refractivity contribution in [3.63, 3.8) is 0 Å². The number of rotatable bonds is 4. The van der Waals surface area contributed by atoms with Crippen molar-refractivity contribution in [1.29, 1.82) is 0 Å². The molecular formula is C24H37N3O4. The predicted octanol–water partition coefficient (Wildman–Crippen LogP) is 2.79. The number of carbonyl (C=O) groups excluding carboxylic acids is 2. The largest absolute Gasteiger partial charge is 0.444 e. The van der Waals surface area contributed by atoms with E-state index >= 15 is 0 Å². The average molecular weight is 432 g/mol. The Morgan fingerprint density at radius 3 is 2.26 bits per heavy atom. The number of aliphatic hydroxyl groups is 1. The van der Waals surface area contributed by atoms with Gasteiger partial charge in [0.2, 0.25) is 5.91 Å². The third-order valence-corrected chi connectivity index (χ3v) is 5.65. The Kier molecular flexibility index (Phi) is 6.96. The van der Waals surface area contributed by atoms with Crippen molar-refractivity contribution in [2.45, 2.75) is 71.8 Å². The maximum atomic E-state index is 12.4. The maximum absolute atomic E-state index is 12.4. The van der Waals surface area contributed by atoms with Gasteiger partial charge in [0.05, 0.1) is 12.0 Å². The lowest BCUT2D eigenvalue weighted by Gasteiger charge is -2.36. The molecule has 0 spiro atoms. The van der Waals surface area contributed by atoms with E-state index < -0.39 is 11.2 Å². The first-order valence-corrected chi connectivity index (χ1v) is 11.2. The quantitative estimate of drug-likeness (QED) is 0.794. The highest BCUT2D eigenvalue weighted by Crippen LogP contribution is 2.23. The standard InChI is InChI=1S/C24H37N3O4/c1-23(2,3)31-22(29)27-9-8-19-14-18(6-7-20(19)17-27)16-25-10-12-26(13-11-25)21(28)15-24(4,5)30/h6-7,14,30H,8-13,15-17H2,1-5H3. The molecule has 0 atom stereocenters. The normalized spacial score (nSPS) is 18.0. The van der Waals surface area contributed by atoms with Gasteiger partial charge < -0.3 is 19.6 Å². The summed E-state index contributed by atoms with van der Waals surface area (Å²) in [5.41, 5.74) is 2.31. The smallest absolute Gasteiger partial charge is 0.410 e. The number of amides is 2. The Labute approximate surface area is 185 Å². The molecule has 1 saturated heterocycles. The molecule has 0 aromatic heterocycles. The molecule has 1 N–H and O–H groups in total. The van der Waals surface area contributed by atoms with Crippen molar-refractivity contribution >= 4 is 12.0 Å². The number of fused-ring (bicyclic) bond motifs is 1. The Balaban J connectivity index is 1.52. The van der Waals surface area contributed by atoms with Crippen molar-refractivity contribution in [2.24, 2.45) is 0 Å². The second-order valence-corrected chi connectivity index (χ2v) is 10.4. The van der Waals surface area contributed by atoms with Crippen LogP contribution in [0.2, 0.25) is 0 Å². The zero-order chi connectivity index (χ0) is 22.8. The van der Waals surface area contributed by atoms with Crippen LogP contribution in [-0.4, -0.2) is 75.7 Å². The van der Waals surface area contributed by atoms with Crippen LogP contribution in [0, 0.1) is 0 Å². The van der Waals surface area contributed by atoms with E-state index in [9.17, 15) is 14.7 Å². The third kappa shape index (κ3) is 6.94. The number of hydrogen-bond acceptors (Lipinski definition) is 5. The minimum atomic E-state index is -0.962. The van der Waals surface area contributed by atoms with E-state index in [1.807, 2.05) is 25.7 Å². The van der Waals surface area contributed by atoms with E-state index in [-0.39, 0.29) is 18.4 Å². The zero-order valence-electron chi connectivity index (χ0n) is 19.6. The molecule has 7 nitrogen and oxygen atoms in total. The van der Waals surface area contributed by atoms with Crippen molar-refractivity contribution in [3.05, 3.63) is 34.9 Å². The first-order valence-electron chi connectivity index (χ1n) is 11.2. The molecule has 0 bridgehead atoms. The molecule has 0 saturated carbocycles. The maximum Gasteiger partial charge on any atom is 0.410 e. The molecule has 1 aromatic carbocycles. The molecule has 0 aliphatic carbocycles. The Morgan fingerprint density at radius 2 is 1.65 bits per heavy atom. The Bertz CT molecular complexity index is 802. The van der Waals surface area contributed by atoms with E-state index in [1.54, 1.807) is 18.7 Å². The van der Waals surface area contributed by atoms with E-state index in [1.165, 1.54) is 16.7 Å². The summed E-state index contributed by atoms with van der Waals surface area (Å²) < 4.78 is 5.51. The molecule has 2 heterocycles. The number of benzene rings is 1. The van der Waals surface area contributed by atoms with Crippen LogP contribution in [-0.2, 0) is 29.0 Å². The van der Waals surface area contributed by atoms with E-state index in [0.29, 0.717) is 26.2 Å². The summed E-state index contributed by atoms with van der Waals surface area (Å²) >= 11 is 0. The minimum absolute atomic E-state index is 0.0236. The molecule has 2 amide bonds. The fourth-order valence-corrected chi connectivity index (χ4v) is 4.08. The van der Waals surface area contributed by atoms with Crippen molar-refractivity contribution in [2.75, 3.05) is 32.7 Å².